The van der Waals surface area contributed by atoms with E-state index in [1.165, 1.54) is 0 Å². The standard InChI is InChI=1S/C15H22ClN3O2/c1-15(2,3)21-14(20)19-9-6-11(7-10-19)18-12-5-4-8-17-13(12)16/h4-5,8,11,18H,6-7,9-10H2,1-3H3. The Kier molecular flexibility index (Phi) is 4.93. The van der Waals surface area contributed by atoms with Gasteiger partial charge in [-0.3, -0.25) is 0 Å². The van der Waals surface area contributed by atoms with Crippen molar-refractivity contribution in [2.45, 2.75) is 45.3 Å². The van der Waals surface area contributed by atoms with Gasteiger partial charge in [0.15, 0.2) is 5.15 Å². The van der Waals surface area contributed by atoms with Crippen molar-refractivity contribution in [1.29, 1.82) is 0 Å². The minimum Gasteiger partial charge on any atom is -0.444 e. The number of pyridine rings is 1. The second-order valence-corrected chi connectivity index (χ2v) is 6.59. The van der Waals surface area contributed by atoms with Crippen LogP contribution in [0.5, 0.6) is 0 Å². The third-order valence-corrected chi connectivity index (χ3v) is 3.57. The van der Waals surface area contributed by atoms with Crippen LogP contribution in [-0.2, 0) is 4.74 Å². The van der Waals surface area contributed by atoms with Gasteiger partial charge in [-0.2, -0.15) is 0 Å². The van der Waals surface area contributed by atoms with Crippen LogP contribution in [0.2, 0.25) is 5.15 Å². The molecule has 0 aliphatic carbocycles. The van der Waals surface area contributed by atoms with Crippen molar-refractivity contribution in [3.63, 3.8) is 0 Å². The summed E-state index contributed by atoms with van der Waals surface area (Å²) in [4.78, 5) is 17.8. The molecule has 1 saturated heterocycles. The Morgan fingerprint density at radius 2 is 2.10 bits per heavy atom. The quantitative estimate of drug-likeness (QED) is 0.849. The lowest BCUT2D eigenvalue weighted by molar-refractivity contribution is 0.0210. The number of carbonyl (C=O) groups is 1. The van der Waals surface area contributed by atoms with E-state index in [0.717, 1.165) is 18.5 Å². The molecule has 0 aromatic carbocycles. The molecule has 116 valence electrons. The molecule has 2 heterocycles. The number of hydrogen-bond acceptors (Lipinski definition) is 4. The zero-order valence-electron chi connectivity index (χ0n) is 12.7. The van der Waals surface area contributed by atoms with Gasteiger partial charge in [0.25, 0.3) is 0 Å². The molecular weight excluding hydrogens is 290 g/mol. The fourth-order valence-electron chi connectivity index (χ4n) is 2.25. The highest BCUT2D eigenvalue weighted by molar-refractivity contribution is 6.31. The molecule has 1 amide bonds. The highest BCUT2D eigenvalue weighted by atomic mass is 35.5. The third kappa shape index (κ3) is 4.77. The van der Waals surface area contributed by atoms with Crippen LogP contribution >= 0.6 is 11.6 Å². The molecule has 1 N–H and O–H groups in total. The number of carbonyl (C=O) groups excluding carboxylic acids is 1. The maximum atomic E-state index is 12.0. The maximum Gasteiger partial charge on any atom is 0.410 e. The van der Waals surface area contributed by atoms with Gasteiger partial charge in [0.1, 0.15) is 5.60 Å². The van der Waals surface area contributed by atoms with Gasteiger partial charge in [0, 0.05) is 25.3 Å². The number of nitrogens with one attached hydrogen (secondary N) is 1. The Morgan fingerprint density at radius 1 is 1.43 bits per heavy atom. The van der Waals surface area contributed by atoms with E-state index < -0.39 is 5.60 Å². The van der Waals surface area contributed by atoms with Crippen LogP contribution in [0.3, 0.4) is 0 Å². The van der Waals surface area contributed by atoms with Crippen LogP contribution in [0.25, 0.3) is 0 Å². The molecule has 0 unspecified atom stereocenters. The number of likely N-dealkylation sites (tertiary alicyclic amines) is 1. The van der Waals surface area contributed by atoms with Gasteiger partial charge in [0.05, 0.1) is 5.69 Å². The van der Waals surface area contributed by atoms with E-state index in [2.05, 4.69) is 10.3 Å². The number of hydrogen-bond donors (Lipinski definition) is 1. The van der Waals surface area contributed by atoms with Crippen molar-refractivity contribution < 1.29 is 9.53 Å². The van der Waals surface area contributed by atoms with Gasteiger partial charge < -0.3 is 15.0 Å². The molecule has 0 spiro atoms. The number of nitrogens with zero attached hydrogens (tertiary/aromatic N) is 2. The summed E-state index contributed by atoms with van der Waals surface area (Å²) in [6.07, 6.45) is 3.16. The molecule has 21 heavy (non-hydrogen) atoms. The highest BCUT2D eigenvalue weighted by Gasteiger charge is 2.26. The Hall–Kier alpha value is -1.49. The first kappa shape index (κ1) is 15.9. The first-order valence-electron chi connectivity index (χ1n) is 7.20. The van der Waals surface area contributed by atoms with Crippen molar-refractivity contribution in [1.82, 2.24) is 9.88 Å². The second-order valence-electron chi connectivity index (χ2n) is 6.23. The van der Waals surface area contributed by atoms with Crippen LogP contribution in [0.1, 0.15) is 33.6 Å². The van der Waals surface area contributed by atoms with Gasteiger partial charge in [-0.1, -0.05) is 11.6 Å². The van der Waals surface area contributed by atoms with Crippen LogP contribution in [0.15, 0.2) is 18.3 Å². The molecule has 2 rings (SSSR count). The molecule has 1 aromatic heterocycles. The lowest BCUT2D eigenvalue weighted by atomic mass is 10.1. The van der Waals surface area contributed by atoms with E-state index in [-0.39, 0.29) is 6.09 Å². The molecule has 0 radical (unpaired) electrons. The summed E-state index contributed by atoms with van der Waals surface area (Å²) in [5, 5.41) is 3.86. The van der Waals surface area contributed by atoms with E-state index in [4.69, 9.17) is 16.3 Å². The number of piperidine rings is 1. The molecule has 1 aliphatic heterocycles. The lowest BCUT2D eigenvalue weighted by Gasteiger charge is -2.34. The van der Waals surface area contributed by atoms with Gasteiger partial charge in [-0.15, -0.1) is 0 Å². The predicted molar refractivity (Wildman–Crippen MR) is 83.7 cm³/mol. The summed E-state index contributed by atoms with van der Waals surface area (Å²) < 4.78 is 5.39. The normalized spacial score (nSPS) is 16.7. The van der Waals surface area contributed by atoms with E-state index in [1.54, 1.807) is 11.1 Å². The summed E-state index contributed by atoms with van der Waals surface area (Å²) in [5.74, 6) is 0. The molecule has 0 bridgehead atoms. The van der Waals surface area contributed by atoms with Gasteiger partial charge in [-0.05, 0) is 45.7 Å². The first-order valence-corrected chi connectivity index (χ1v) is 7.58. The fraction of sp³-hybridized carbons (Fsp3) is 0.600. The van der Waals surface area contributed by atoms with Gasteiger partial charge in [0.2, 0.25) is 0 Å². The summed E-state index contributed by atoms with van der Waals surface area (Å²) in [6.45, 7) is 7.01. The van der Waals surface area contributed by atoms with E-state index in [1.807, 2.05) is 32.9 Å². The molecule has 0 atom stereocenters. The topological polar surface area (TPSA) is 54.5 Å². The number of amides is 1. The summed E-state index contributed by atoms with van der Waals surface area (Å²) in [7, 11) is 0. The highest BCUT2D eigenvalue weighted by Crippen LogP contribution is 2.22. The molecule has 5 nitrogen and oxygen atoms in total. The van der Waals surface area contributed by atoms with E-state index in [9.17, 15) is 4.79 Å². The Labute approximate surface area is 130 Å². The smallest absolute Gasteiger partial charge is 0.410 e. The number of ether oxygens (including phenoxy) is 1. The molecule has 1 fully saturated rings. The molecular formula is C15H22ClN3O2. The number of rotatable bonds is 2. The van der Waals surface area contributed by atoms with Crippen molar-refractivity contribution >= 4 is 23.4 Å². The molecule has 1 aliphatic rings. The van der Waals surface area contributed by atoms with E-state index >= 15 is 0 Å². The van der Waals surface area contributed by atoms with Crippen LogP contribution in [0, 0.1) is 0 Å². The Balaban J connectivity index is 1.83. The van der Waals surface area contributed by atoms with Crippen molar-refractivity contribution in [3.8, 4) is 0 Å². The van der Waals surface area contributed by atoms with Gasteiger partial charge in [-0.25, -0.2) is 9.78 Å². The predicted octanol–water partition coefficient (Wildman–Crippen LogP) is 3.55. The SMILES string of the molecule is CC(C)(C)OC(=O)N1CCC(Nc2cccnc2Cl)CC1. The number of anilines is 1. The Bertz CT molecular complexity index is 494. The minimum atomic E-state index is -0.449. The van der Waals surface area contributed by atoms with Crippen LogP contribution in [-0.4, -0.2) is 40.7 Å². The Morgan fingerprint density at radius 3 is 2.67 bits per heavy atom. The molecule has 6 heteroatoms. The third-order valence-electron chi connectivity index (χ3n) is 3.27. The lowest BCUT2D eigenvalue weighted by Crippen LogP contribution is -2.44. The molecule has 1 aromatic rings. The zero-order valence-corrected chi connectivity index (χ0v) is 13.5. The summed E-state index contributed by atoms with van der Waals surface area (Å²) >= 11 is 6.04. The van der Waals surface area contributed by atoms with Gasteiger partial charge >= 0.3 is 6.09 Å². The number of halogens is 1. The molecule has 0 saturated carbocycles. The zero-order chi connectivity index (χ0) is 15.5. The summed E-state index contributed by atoms with van der Waals surface area (Å²) in [6, 6.07) is 4.06. The minimum absolute atomic E-state index is 0.236. The average molecular weight is 312 g/mol. The van der Waals surface area contributed by atoms with Crippen molar-refractivity contribution in [3.05, 3.63) is 23.5 Å². The first-order chi connectivity index (χ1) is 9.85. The van der Waals surface area contributed by atoms with Crippen molar-refractivity contribution in [2.75, 3.05) is 18.4 Å². The fourth-order valence-corrected chi connectivity index (χ4v) is 2.42. The second kappa shape index (κ2) is 6.52. The van der Waals surface area contributed by atoms with Crippen LogP contribution < -0.4 is 5.32 Å². The van der Waals surface area contributed by atoms with Crippen LogP contribution in [0.4, 0.5) is 10.5 Å². The summed E-state index contributed by atoms with van der Waals surface area (Å²) in [5.41, 5.74) is 0.393. The number of aromatic nitrogens is 1. The maximum absolute atomic E-state index is 12.0. The van der Waals surface area contributed by atoms with Crippen molar-refractivity contribution in [2.24, 2.45) is 0 Å². The largest absolute Gasteiger partial charge is 0.444 e. The average Bonchev–Trinajstić information content (AvgIpc) is 2.40. The van der Waals surface area contributed by atoms with E-state index in [0.29, 0.717) is 24.3 Å². The monoisotopic (exact) mass is 311 g/mol.